The molecule has 2 aromatic carbocycles. The van der Waals surface area contributed by atoms with E-state index in [9.17, 15) is 9.59 Å². The summed E-state index contributed by atoms with van der Waals surface area (Å²) in [7, 11) is 0. The normalized spacial score (nSPS) is 20.3. The molecule has 6 rings (SSSR count). The summed E-state index contributed by atoms with van der Waals surface area (Å²) in [5.41, 5.74) is 4.92. The summed E-state index contributed by atoms with van der Waals surface area (Å²) >= 11 is 0. The molecule has 37 heavy (non-hydrogen) atoms. The molecule has 2 aliphatic rings. The number of carbonyl (C=O) groups is 1. The molecule has 1 amide bonds. The number of hydrogen-bond donors (Lipinski definition) is 1. The molecule has 192 valence electrons. The zero-order valence-corrected chi connectivity index (χ0v) is 21.6. The Morgan fingerprint density at radius 2 is 1.86 bits per heavy atom. The summed E-state index contributed by atoms with van der Waals surface area (Å²) in [6.45, 7) is 6.92. The Bertz CT molecular complexity index is 1520. The summed E-state index contributed by atoms with van der Waals surface area (Å²) in [6.07, 6.45) is 7.88. The van der Waals surface area contributed by atoms with Crippen LogP contribution in [-0.2, 0) is 11.2 Å². The van der Waals surface area contributed by atoms with E-state index in [0.717, 1.165) is 39.4 Å². The highest BCUT2D eigenvalue weighted by atomic mass is 16.4. The second-order valence-electron chi connectivity index (χ2n) is 10.8. The Kier molecular flexibility index (Phi) is 6.37. The molecule has 0 spiro atoms. The van der Waals surface area contributed by atoms with Crippen LogP contribution in [0.1, 0.15) is 48.8 Å². The van der Waals surface area contributed by atoms with Crippen molar-refractivity contribution in [3.8, 4) is 11.1 Å². The largest absolute Gasteiger partial charge is 0.463 e. The van der Waals surface area contributed by atoms with Crippen LogP contribution in [0, 0.1) is 19.8 Å². The van der Waals surface area contributed by atoms with E-state index in [1.165, 1.54) is 38.8 Å². The Labute approximate surface area is 216 Å². The lowest BCUT2D eigenvalue weighted by molar-refractivity contribution is -0.120. The molecule has 2 aromatic heterocycles. The second kappa shape index (κ2) is 9.82. The summed E-state index contributed by atoms with van der Waals surface area (Å²) in [5.74, 6) is 0.352. The predicted molar refractivity (Wildman–Crippen MR) is 146 cm³/mol. The van der Waals surface area contributed by atoms with Crippen molar-refractivity contribution in [1.82, 2.24) is 10.2 Å². The number of piperidine rings is 2. The van der Waals surface area contributed by atoms with Gasteiger partial charge in [0, 0.05) is 23.5 Å². The smallest absolute Gasteiger partial charge is 0.340 e. The first kappa shape index (κ1) is 24.0. The number of nitrogens with one attached hydrogen (secondary N) is 1. The van der Waals surface area contributed by atoms with Gasteiger partial charge < -0.3 is 19.1 Å². The van der Waals surface area contributed by atoms with Crippen molar-refractivity contribution in [1.29, 1.82) is 0 Å². The van der Waals surface area contributed by atoms with Gasteiger partial charge in [-0.25, -0.2) is 4.79 Å². The number of aryl methyl sites for hydroxylation is 2. The van der Waals surface area contributed by atoms with Gasteiger partial charge in [-0.2, -0.15) is 0 Å². The van der Waals surface area contributed by atoms with Gasteiger partial charge in [0.1, 0.15) is 11.2 Å². The van der Waals surface area contributed by atoms with E-state index in [-0.39, 0.29) is 12.3 Å². The molecule has 1 N–H and O–H groups in total. The summed E-state index contributed by atoms with van der Waals surface area (Å²) in [4.78, 5) is 28.6. The lowest BCUT2D eigenvalue weighted by atomic mass is 9.83. The van der Waals surface area contributed by atoms with Crippen LogP contribution in [0.5, 0.6) is 0 Å². The van der Waals surface area contributed by atoms with Crippen molar-refractivity contribution in [2.75, 3.05) is 19.6 Å². The molecule has 4 heterocycles. The van der Waals surface area contributed by atoms with E-state index in [2.05, 4.69) is 22.3 Å². The van der Waals surface area contributed by atoms with Crippen molar-refractivity contribution in [2.24, 2.45) is 5.92 Å². The zero-order chi connectivity index (χ0) is 25.5. The fourth-order valence-electron chi connectivity index (χ4n) is 6.61. The molecule has 6 heteroatoms. The van der Waals surface area contributed by atoms with E-state index >= 15 is 0 Å². The van der Waals surface area contributed by atoms with Gasteiger partial charge in [0.25, 0.3) is 0 Å². The molecule has 0 bridgehead atoms. The van der Waals surface area contributed by atoms with Gasteiger partial charge in [-0.3, -0.25) is 4.79 Å². The molecule has 0 saturated carbocycles. The Balaban J connectivity index is 1.29. The molecule has 2 aliphatic heterocycles. The van der Waals surface area contributed by atoms with Crippen LogP contribution < -0.4 is 10.9 Å². The fraction of sp³-hybridized carbons (Fsp3) is 0.419. The number of benzene rings is 2. The summed E-state index contributed by atoms with van der Waals surface area (Å²) < 4.78 is 11.8. The van der Waals surface area contributed by atoms with Crippen LogP contribution in [0.3, 0.4) is 0 Å². The van der Waals surface area contributed by atoms with Crippen LogP contribution in [0.25, 0.3) is 33.1 Å². The second-order valence-corrected chi connectivity index (χ2v) is 10.8. The Hall–Kier alpha value is -3.38. The van der Waals surface area contributed by atoms with Gasteiger partial charge in [0.15, 0.2) is 0 Å². The number of nitrogens with zero attached hydrogens (tertiary/aromatic N) is 1. The van der Waals surface area contributed by atoms with Crippen LogP contribution in [-0.4, -0.2) is 36.5 Å². The quantitative estimate of drug-likeness (QED) is 0.355. The first-order valence-electron chi connectivity index (χ1n) is 13.5. The minimum atomic E-state index is -0.454. The van der Waals surface area contributed by atoms with Crippen molar-refractivity contribution in [3.63, 3.8) is 0 Å². The maximum absolute atomic E-state index is 13.0. The van der Waals surface area contributed by atoms with Crippen LogP contribution >= 0.6 is 0 Å². The maximum Gasteiger partial charge on any atom is 0.340 e. The van der Waals surface area contributed by atoms with Crippen molar-refractivity contribution in [2.45, 2.75) is 58.4 Å². The van der Waals surface area contributed by atoms with Crippen LogP contribution in [0.4, 0.5) is 0 Å². The van der Waals surface area contributed by atoms with E-state index in [1.807, 2.05) is 38.1 Å². The third-order valence-corrected chi connectivity index (χ3v) is 8.50. The number of hydrogen-bond acceptors (Lipinski definition) is 5. The molecule has 2 atom stereocenters. The molecular formula is C31H34N2O4. The van der Waals surface area contributed by atoms with Crippen molar-refractivity contribution < 1.29 is 13.6 Å². The molecule has 0 unspecified atom stereocenters. The number of amides is 1. The highest BCUT2D eigenvalue weighted by Gasteiger charge is 2.33. The first-order valence-corrected chi connectivity index (χ1v) is 13.5. The third kappa shape index (κ3) is 4.37. The average molecular weight is 499 g/mol. The minimum Gasteiger partial charge on any atom is -0.463 e. The van der Waals surface area contributed by atoms with Gasteiger partial charge in [0.2, 0.25) is 5.91 Å². The third-order valence-electron chi connectivity index (χ3n) is 8.50. The average Bonchev–Trinajstić information content (AvgIpc) is 3.36. The lowest BCUT2D eigenvalue weighted by Crippen LogP contribution is -2.51. The fourth-order valence-corrected chi connectivity index (χ4v) is 6.61. The maximum atomic E-state index is 13.0. The highest BCUT2D eigenvalue weighted by Crippen LogP contribution is 2.38. The molecule has 0 aliphatic carbocycles. The van der Waals surface area contributed by atoms with E-state index in [1.54, 1.807) is 6.26 Å². The van der Waals surface area contributed by atoms with Crippen LogP contribution in [0.15, 0.2) is 56.3 Å². The van der Waals surface area contributed by atoms with E-state index in [0.29, 0.717) is 35.2 Å². The molecular weight excluding hydrogens is 464 g/mol. The molecule has 2 saturated heterocycles. The van der Waals surface area contributed by atoms with E-state index in [4.69, 9.17) is 8.83 Å². The van der Waals surface area contributed by atoms with Gasteiger partial charge in [-0.15, -0.1) is 0 Å². The number of carbonyl (C=O) groups excluding carboxylic acids is 1. The van der Waals surface area contributed by atoms with Gasteiger partial charge in [-0.05, 0) is 81.3 Å². The van der Waals surface area contributed by atoms with Crippen molar-refractivity contribution >= 4 is 27.8 Å². The van der Waals surface area contributed by atoms with Crippen molar-refractivity contribution in [3.05, 3.63) is 69.8 Å². The van der Waals surface area contributed by atoms with Gasteiger partial charge >= 0.3 is 5.63 Å². The van der Waals surface area contributed by atoms with Crippen LogP contribution in [0.2, 0.25) is 0 Å². The summed E-state index contributed by atoms with van der Waals surface area (Å²) in [6, 6.07) is 12.6. The Morgan fingerprint density at radius 3 is 2.70 bits per heavy atom. The number of fused-ring (bicyclic) bond motifs is 4. The monoisotopic (exact) mass is 498 g/mol. The lowest BCUT2D eigenvalue weighted by Gasteiger charge is -2.44. The SMILES string of the molecule is Cc1cc2oc(=O)c(CC(=O)NC[C@H]3CCCN4CCCC[C@H]34)c(C)c2c2occ(-c3ccccc3)c12. The first-order chi connectivity index (χ1) is 18.0. The number of furan rings is 1. The number of rotatable bonds is 5. The van der Waals surface area contributed by atoms with Gasteiger partial charge in [0.05, 0.1) is 23.6 Å². The predicted octanol–water partition coefficient (Wildman–Crippen LogP) is 5.75. The zero-order valence-electron chi connectivity index (χ0n) is 21.6. The minimum absolute atomic E-state index is 0.00677. The molecule has 6 nitrogen and oxygen atoms in total. The topological polar surface area (TPSA) is 75.7 Å². The van der Waals surface area contributed by atoms with E-state index < -0.39 is 5.63 Å². The Morgan fingerprint density at radius 1 is 1.05 bits per heavy atom. The molecule has 4 aromatic rings. The molecule has 0 radical (unpaired) electrons. The highest BCUT2D eigenvalue weighted by molar-refractivity contribution is 6.11. The molecule has 2 fully saturated rings. The standard InChI is InChI=1S/C31H34N2O4/c1-19-15-26-29(30-28(19)24(18-36-30)21-9-4-3-5-10-21)20(2)23(31(35)37-26)16-27(34)32-17-22-11-8-14-33-13-7-6-12-25(22)33/h3-5,9-10,15,18,22,25H,6-8,11-14,16-17H2,1-2H3,(H,32,34)/t22-,25-/m1/s1. The van der Waals surface area contributed by atoms with Gasteiger partial charge in [-0.1, -0.05) is 36.8 Å². The summed E-state index contributed by atoms with van der Waals surface area (Å²) in [5, 5.41) is 4.90.